The Morgan fingerprint density at radius 2 is 1.74 bits per heavy atom. The van der Waals surface area contributed by atoms with Crippen molar-refractivity contribution in [2.24, 2.45) is 0 Å². The molecule has 0 unspecified atom stereocenters. The molecule has 19 heavy (non-hydrogen) atoms. The first-order valence-electron chi connectivity index (χ1n) is 5.82. The molecule has 1 amide bonds. The summed E-state index contributed by atoms with van der Waals surface area (Å²) < 4.78 is 0. The minimum Gasteiger partial charge on any atom is -0.323 e. The van der Waals surface area contributed by atoms with Crippen LogP contribution in [0.15, 0.2) is 60.7 Å². The van der Waals surface area contributed by atoms with Crippen LogP contribution in [0.5, 0.6) is 0 Å². The lowest BCUT2D eigenvalue weighted by Crippen LogP contribution is -2.07. The molecule has 0 atom stereocenters. The van der Waals surface area contributed by atoms with Crippen molar-refractivity contribution < 1.29 is 4.79 Å². The van der Waals surface area contributed by atoms with Crippen LogP contribution in [0.3, 0.4) is 0 Å². The molecular weight excluding hydrogens is 236 g/mol. The maximum Gasteiger partial charge on any atom is 0.248 e. The van der Waals surface area contributed by atoms with Crippen LogP contribution in [0.1, 0.15) is 11.1 Å². The Balaban J connectivity index is 1.98. The first-order chi connectivity index (χ1) is 9.28. The summed E-state index contributed by atoms with van der Waals surface area (Å²) in [6.45, 7) is 0. The molecule has 92 valence electrons. The lowest BCUT2D eigenvalue weighted by atomic mass is 10.1. The summed E-state index contributed by atoms with van der Waals surface area (Å²) in [4.78, 5) is 11.7. The number of rotatable bonds is 3. The fourth-order valence-electron chi connectivity index (χ4n) is 1.55. The molecule has 1 N–H and O–H groups in total. The molecule has 2 aromatic rings. The highest BCUT2D eigenvalue weighted by Gasteiger charge is 1.96. The van der Waals surface area contributed by atoms with Gasteiger partial charge in [0.2, 0.25) is 5.91 Å². The number of nitrogens with one attached hydrogen (secondary N) is 1. The van der Waals surface area contributed by atoms with Crippen molar-refractivity contribution >= 4 is 17.7 Å². The number of benzene rings is 2. The standard InChI is InChI=1S/C16H12N2O/c17-12-14-8-6-13(7-9-14)10-11-16(19)18-15-4-2-1-3-5-15/h1-11H,(H,18,19). The van der Waals surface area contributed by atoms with E-state index >= 15 is 0 Å². The van der Waals surface area contributed by atoms with Crippen molar-refractivity contribution in [1.29, 1.82) is 5.26 Å². The predicted octanol–water partition coefficient (Wildman–Crippen LogP) is 3.21. The van der Waals surface area contributed by atoms with Crippen LogP contribution in [0.2, 0.25) is 0 Å². The average molecular weight is 248 g/mol. The van der Waals surface area contributed by atoms with E-state index < -0.39 is 0 Å². The van der Waals surface area contributed by atoms with Crippen molar-refractivity contribution in [2.75, 3.05) is 5.32 Å². The number of hydrogen-bond donors (Lipinski definition) is 1. The Labute approximate surface area is 111 Å². The number of carbonyl (C=O) groups is 1. The Hall–Kier alpha value is -2.86. The van der Waals surface area contributed by atoms with E-state index in [2.05, 4.69) is 5.32 Å². The number of nitriles is 1. The fourth-order valence-corrected chi connectivity index (χ4v) is 1.55. The monoisotopic (exact) mass is 248 g/mol. The zero-order chi connectivity index (χ0) is 13.5. The number of para-hydroxylation sites is 1. The molecule has 0 aliphatic heterocycles. The quantitative estimate of drug-likeness (QED) is 0.848. The van der Waals surface area contributed by atoms with Crippen LogP contribution >= 0.6 is 0 Å². The molecule has 0 aliphatic carbocycles. The number of anilines is 1. The van der Waals surface area contributed by atoms with E-state index in [0.717, 1.165) is 11.3 Å². The van der Waals surface area contributed by atoms with Crippen LogP contribution in [0.25, 0.3) is 6.08 Å². The Morgan fingerprint density at radius 1 is 1.05 bits per heavy atom. The van der Waals surface area contributed by atoms with E-state index in [-0.39, 0.29) is 5.91 Å². The summed E-state index contributed by atoms with van der Waals surface area (Å²) in [5.41, 5.74) is 2.24. The maximum atomic E-state index is 11.7. The summed E-state index contributed by atoms with van der Waals surface area (Å²) in [6, 6.07) is 18.3. The van der Waals surface area contributed by atoms with Crippen molar-refractivity contribution in [1.82, 2.24) is 0 Å². The Kier molecular flexibility index (Phi) is 4.09. The average Bonchev–Trinajstić information content (AvgIpc) is 2.47. The van der Waals surface area contributed by atoms with Gasteiger partial charge in [-0.05, 0) is 35.9 Å². The molecule has 0 saturated carbocycles. The van der Waals surface area contributed by atoms with Gasteiger partial charge in [-0.2, -0.15) is 5.26 Å². The second kappa shape index (κ2) is 6.18. The number of carbonyl (C=O) groups excluding carboxylic acids is 1. The minimum atomic E-state index is -0.185. The maximum absolute atomic E-state index is 11.7. The molecule has 0 saturated heterocycles. The van der Waals surface area contributed by atoms with Gasteiger partial charge >= 0.3 is 0 Å². The van der Waals surface area contributed by atoms with Crippen molar-refractivity contribution in [3.05, 3.63) is 71.8 Å². The highest BCUT2D eigenvalue weighted by atomic mass is 16.1. The fraction of sp³-hybridized carbons (Fsp3) is 0. The van der Waals surface area contributed by atoms with E-state index in [0.29, 0.717) is 5.56 Å². The van der Waals surface area contributed by atoms with Gasteiger partial charge in [-0.1, -0.05) is 30.3 Å². The van der Waals surface area contributed by atoms with Gasteiger partial charge in [-0.25, -0.2) is 0 Å². The first-order valence-corrected chi connectivity index (χ1v) is 5.82. The normalized spacial score (nSPS) is 10.1. The van der Waals surface area contributed by atoms with Crippen LogP contribution in [-0.4, -0.2) is 5.91 Å². The third-order valence-electron chi connectivity index (χ3n) is 2.51. The second-order valence-electron chi connectivity index (χ2n) is 3.92. The molecule has 2 rings (SSSR count). The number of hydrogen-bond acceptors (Lipinski definition) is 2. The van der Waals surface area contributed by atoms with E-state index in [1.807, 2.05) is 36.4 Å². The topological polar surface area (TPSA) is 52.9 Å². The molecule has 2 aromatic carbocycles. The van der Waals surface area contributed by atoms with Gasteiger partial charge in [-0.15, -0.1) is 0 Å². The van der Waals surface area contributed by atoms with E-state index in [1.165, 1.54) is 6.08 Å². The summed E-state index contributed by atoms with van der Waals surface area (Å²) in [7, 11) is 0. The van der Waals surface area contributed by atoms with E-state index in [1.54, 1.807) is 30.3 Å². The molecular formula is C16H12N2O. The summed E-state index contributed by atoms with van der Waals surface area (Å²) >= 11 is 0. The Morgan fingerprint density at radius 3 is 2.37 bits per heavy atom. The first kappa shape index (κ1) is 12.6. The largest absolute Gasteiger partial charge is 0.323 e. The van der Waals surface area contributed by atoms with Gasteiger partial charge in [-0.3, -0.25) is 4.79 Å². The molecule has 0 fully saturated rings. The zero-order valence-corrected chi connectivity index (χ0v) is 10.2. The van der Waals surface area contributed by atoms with Crippen molar-refractivity contribution in [3.8, 4) is 6.07 Å². The third-order valence-corrected chi connectivity index (χ3v) is 2.51. The predicted molar refractivity (Wildman–Crippen MR) is 75.3 cm³/mol. The highest BCUT2D eigenvalue weighted by Crippen LogP contribution is 2.07. The second-order valence-corrected chi connectivity index (χ2v) is 3.92. The van der Waals surface area contributed by atoms with Crippen LogP contribution in [0, 0.1) is 11.3 Å². The van der Waals surface area contributed by atoms with Crippen molar-refractivity contribution in [2.45, 2.75) is 0 Å². The van der Waals surface area contributed by atoms with Crippen LogP contribution < -0.4 is 5.32 Å². The zero-order valence-electron chi connectivity index (χ0n) is 10.2. The number of amides is 1. The van der Waals surface area contributed by atoms with Gasteiger partial charge in [0.1, 0.15) is 0 Å². The molecule has 0 aromatic heterocycles. The van der Waals surface area contributed by atoms with E-state index in [4.69, 9.17) is 5.26 Å². The SMILES string of the molecule is N#Cc1ccc(C=CC(=O)Nc2ccccc2)cc1. The van der Waals surface area contributed by atoms with Crippen LogP contribution in [0.4, 0.5) is 5.69 Å². The third kappa shape index (κ3) is 3.83. The molecule has 3 heteroatoms. The summed E-state index contributed by atoms with van der Waals surface area (Å²) in [6.07, 6.45) is 3.17. The van der Waals surface area contributed by atoms with Gasteiger partial charge in [0.15, 0.2) is 0 Å². The smallest absolute Gasteiger partial charge is 0.248 e. The molecule has 3 nitrogen and oxygen atoms in total. The molecule has 0 spiro atoms. The molecule has 0 aliphatic rings. The number of nitrogens with zero attached hydrogens (tertiary/aromatic N) is 1. The summed E-state index contributed by atoms with van der Waals surface area (Å²) in [5.74, 6) is -0.185. The van der Waals surface area contributed by atoms with Gasteiger partial charge in [0, 0.05) is 11.8 Å². The molecule has 0 bridgehead atoms. The van der Waals surface area contributed by atoms with Gasteiger partial charge < -0.3 is 5.32 Å². The van der Waals surface area contributed by atoms with Gasteiger partial charge in [0.05, 0.1) is 11.6 Å². The molecule has 0 radical (unpaired) electrons. The Bertz CT molecular complexity index is 622. The van der Waals surface area contributed by atoms with Crippen LogP contribution in [-0.2, 0) is 4.79 Å². The van der Waals surface area contributed by atoms with Crippen molar-refractivity contribution in [3.63, 3.8) is 0 Å². The summed E-state index contributed by atoms with van der Waals surface area (Å²) in [5, 5.41) is 11.4. The lowest BCUT2D eigenvalue weighted by Gasteiger charge is -2.00. The molecule has 0 heterocycles. The highest BCUT2D eigenvalue weighted by molar-refractivity contribution is 6.01. The lowest BCUT2D eigenvalue weighted by molar-refractivity contribution is -0.111. The van der Waals surface area contributed by atoms with E-state index in [9.17, 15) is 4.79 Å². The van der Waals surface area contributed by atoms with Gasteiger partial charge in [0.25, 0.3) is 0 Å². The minimum absolute atomic E-state index is 0.185.